The minimum atomic E-state index is -1.96. The lowest BCUT2D eigenvalue weighted by Crippen LogP contribution is -2.79. The first kappa shape index (κ1) is 45.8. The van der Waals surface area contributed by atoms with Gasteiger partial charge in [0.1, 0.15) is 24.4 Å². The second-order valence-electron chi connectivity index (χ2n) is 17.8. The van der Waals surface area contributed by atoms with Crippen LogP contribution in [0, 0.1) is 22.7 Å². The third-order valence-electron chi connectivity index (χ3n) is 13.6. The highest BCUT2D eigenvalue weighted by Crippen LogP contribution is 2.64. The molecule has 11 atom stereocenters. The lowest BCUT2D eigenvalue weighted by atomic mass is 9.46. The van der Waals surface area contributed by atoms with E-state index >= 15 is 4.79 Å². The second kappa shape index (κ2) is 17.8. The molecule has 0 aromatic heterocycles. The lowest BCUT2D eigenvalue weighted by molar-refractivity contribution is -0.336. The summed E-state index contributed by atoms with van der Waals surface area (Å²) in [7, 11) is 0. The van der Waals surface area contributed by atoms with Gasteiger partial charge in [0.25, 0.3) is 5.91 Å². The second-order valence-corrected chi connectivity index (χ2v) is 17.8. The van der Waals surface area contributed by atoms with Gasteiger partial charge in [0, 0.05) is 38.7 Å². The number of amides is 1. The Kier molecular flexibility index (Phi) is 12.7. The standard InChI is InChI=1S/C49H53NO14/c1-26-34(62-46(58)39(54)38(30-17-11-8-12-18-30)50-44(56)31-19-13-9-14-20-31)23-33-40(63-45(57)32-21-15-10-16-22-32)42-48(7,43(55)41(61-28(3)52)37(26)47(33,5)6)35(60-27(2)51)24-36-49(42,25-59-36)64-29(4)53/h8-22,33-36,38-42,54H,23-25H2,1-7H3,(H,50,56)/t33?,34-,35-,36+,38-,39+,40+,41+,42?,48+,49-/m0/s1. The molecule has 3 aromatic carbocycles. The van der Waals surface area contributed by atoms with E-state index in [4.69, 9.17) is 28.4 Å². The number of rotatable bonds is 11. The maximum Gasteiger partial charge on any atom is 0.338 e. The first-order chi connectivity index (χ1) is 30.3. The van der Waals surface area contributed by atoms with Gasteiger partial charge in [0.05, 0.1) is 29.5 Å². The van der Waals surface area contributed by atoms with Crippen molar-refractivity contribution < 1.29 is 67.1 Å². The fourth-order valence-corrected chi connectivity index (χ4v) is 10.6. The summed E-state index contributed by atoms with van der Waals surface area (Å²) < 4.78 is 37.0. The fraction of sp³-hybridized carbons (Fsp3) is 0.449. The van der Waals surface area contributed by atoms with Crippen molar-refractivity contribution in [1.82, 2.24) is 5.32 Å². The summed E-state index contributed by atoms with van der Waals surface area (Å²) in [6, 6.07) is 23.5. The highest BCUT2D eigenvalue weighted by molar-refractivity contribution is 5.96. The zero-order valence-electron chi connectivity index (χ0n) is 36.7. The number of nitrogens with one attached hydrogen (secondary N) is 1. The predicted molar refractivity (Wildman–Crippen MR) is 226 cm³/mol. The van der Waals surface area contributed by atoms with Gasteiger partial charge in [0.2, 0.25) is 0 Å². The molecule has 0 radical (unpaired) electrons. The van der Waals surface area contributed by atoms with E-state index in [0.717, 1.165) is 6.92 Å². The van der Waals surface area contributed by atoms with Gasteiger partial charge >= 0.3 is 29.8 Å². The van der Waals surface area contributed by atoms with E-state index in [1.807, 2.05) is 0 Å². The van der Waals surface area contributed by atoms with E-state index < -0.39 is 112 Å². The number of carbonyl (C=O) groups is 7. The molecule has 3 aliphatic carbocycles. The van der Waals surface area contributed by atoms with Crippen LogP contribution in [-0.4, -0.2) is 95.5 Å². The molecule has 4 aliphatic rings. The average Bonchev–Trinajstić information content (AvgIpc) is 3.25. The summed E-state index contributed by atoms with van der Waals surface area (Å²) in [5.74, 6) is -7.70. The molecular formula is C49H53NO14. The number of carbonyl (C=O) groups excluding carboxylic acids is 7. The Morgan fingerprint density at radius 3 is 1.88 bits per heavy atom. The van der Waals surface area contributed by atoms with E-state index in [1.54, 1.807) is 119 Å². The van der Waals surface area contributed by atoms with E-state index in [9.17, 15) is 33.9 Å². The van der Waals surface area contributed by atoms with Crippen LogP contribution in [0.25, 0.3) is 0 Å². The van der Waals surface area contributed by atoms with E-state index in [1.165, 1.54) is 13.8 Å². The summed E-state index contributed by atoms with van der Waals surface area (Å²) in [4.78, 5) is 97.1. The molecule has 3 aromatic rings. The van der Waals surface area contributed by atoms with Crippen molar-refractivity contribution in [2.45, 2.75) is 110 Å². The normalized spacial score (nSPS) is 29.9. The SMILES string of the molecule is CC(=O)O[C@H]1C(=O)[C@@]2(C)C([C@H](OC(=O)c3ccccc3)C3C[C@H](OC(=O)[C@H](O)[C@@H](NC(=O)c4ccccc4)c4ccccc4)C(C)=C1C3(C)C)[C@]1(OC(C)=O)CO[C@@H]1C[C@@H]2OC(C)=O. The Morgan fingerprint density at radius 1 is 0.750 bits per heavy atom. The first-order valence-corrected chi connectivity index (χ1v) is 21.3. The van der Waals surface area contributed by atoms with Crippen LogP contribution in [-0.2, 0) is 52.4 Å². The number of ketones is 1. The number of fused-ring (bicyclic) bond motifs is 5. The molecule has 2 N–H and O–H groups in total. The summed E-state index contributed by atoms with van der Waals surface area (Å²) in [5.41, 5.74) is -3.28. The van der Waals surface area contributed by atoms with Gasteiger partial charge in [-0.25, -0.2) is 9.59 Å². The highest BCUT2D eigenvalue weighted by atomic mass is 16.6. The molecule has 1 saturated heterocycles. The number of Topliss-reactive ketones (excluding diaryl/α,β-unsaturated/α-hetero) is 1. The topological polar surface area (TPSA) is 207 Å². The number of aliphatic hydroxyl groups is 1. The minimum Gasteiger partial charge on any atom is -0.461 e. The van der Waals surface area contributed by atoms with Crippen molar-refractivity contribution in [2.75, 3.05) is 6.61 Å². The van der Waals surface area contributed by atoms with Crippen LogP contribution >= 0.6 is 0 Å². The highest BCUT2D eigenvalue weighted by Gasteiger charge is 2.76. The molecule has 0 spiro atoms. The first-order valence-electron chi connectivity index (χ1n) is 21.3. The third kappa shape index (κ3) is 8.22. The van der Waals surface area contributed by atoms with Crippen LogP contribution in [0.15, 0.2) is 102 Å². The Labute approximate surface area is 370 Å². The molecule has 338 valence electrons. The van der Waals surface area contributed by atoms with Crippen LogP contribution in [0.3, 0.4) is 0 Å². The van der Waals surface area contributed by atoms with Crippen LogP contribution in [0.4, 0.5) is 0 Å². The molecule has 1 heterocycles. The summed E-state index contributed by atoms with van der Waals surface area (Å²) in [6.45, 7) is 10.1. The smallest absolute Gasteiger partial charge is 0.338 e. The van der Waals surface area contributed by atoms with E-state index in [0.29, 0.717) is 11.1 Å². The van der Waals surface area contributed by atoms with Crippen LogP contribution in [0.1, 0.15) is 93.6 Å². The third-order valence-corrected chi connectivity index (χ3v) is 13.6. The van der Waals surface area contributed by atoms with Crippen LogP contribution in [0.2, 0.25) is 0 Å². The lowest BCUT2D eigenvalue weighted by Gasteiger charge is -2.66. The molecule has 1 aliphatic heterocycles. The van der Waals surface area contributed by atoms with Crippen LogP contribution in [0.5, 0.6) is 0 Å². The Balaban J connectivity index is 1.39. The Hall–Kier alpha value is -6.19. The van der Waals surface area contributed by atoms with Gasteiger partial charge in [-0.05, 0) is 66.7 Å². The number of benzene rings is 3. The average molecular weight is 880 g/mol. The predicted octanol–water partition coefficient (Wildman–Crippen LogP) is 5.19. The number of aliphatic hydroxyl groups excluding tert-OH is 1. The molecule has 3 fully saturated rings. The van der Waals surface area contributed by atoms with Crippen molar-refractivity contribution in [3.63, 3.8) is 0 Å². The van der Waals surface area contributed by atoms with E-state index in [2.05, 4.69) is 5.32 Å². The van der Waals surface area contributed by atoms with Gasteiger partial charge in [-0.3, -0.25) is 24.0 Å². The zero-order chi connectivity index (χ0) is 46.3. The van der Waals surface area contributed by atoms with Crippen molar-refractivity contribution in [1.29, 1.82) is 0 Å². The monoisotopic (exact) mass is 879 g/mol. The molecule has 64 heavy (non-hydrogen) atoms. The van der Waals surface area contributed by atoms with Gasteiger partial charge in [-0.15, -0.1) is 0 Å². The molecule has 15 nitrogen and oxygen atoms in total. The Bertz CT molecular complexity index is 2350. The molecule has 2 saturated carbocycles. The molecular weight excluding hydrogens is 827 g/mol. The maximum absolute atomic E-state index is 15.8. The number of hydrogen-bond acceptors (Lipinski definition) is 14. The van der Waals surface area contributed by atoms with Gasteiger partial charge in [0.15, 0.2) is 23.6 Å². The number of hydrogen-bond donors (Lipinski definition) is 2. The zero-order valence-corrected chi connectivity index (χ0v) is 36.7. The summed E-state index contributed by atoms with van der Waals surface area (Å²) in [5, 5.41) is 14.6. The van der Waals surface area contributed by atoms with Crippen molar-refractivity contribution in [3.8, 4) is 0 Å². The largest absolute Gasteiger partial charge is 0.461 e. The van der Waals surface area contributed by atoms with Gasteiger partial charge < -0.3 is 38.8 Å². The summed E-state index contributed by atoms with van der Waals surface area (Å²) in [6.07, 6.45) is -8.60. The molecule has 2 bridgehead atoms. The maximum atomic E-state index is 15.8. The molecule has 2 unspecified atom stereocenters. The van der Waals surface area contributed by atoms with Crippen molar-refractivity contribution in [3.05, 3.63) is 119 Å². The summed E-state index contributed by atoms with van der Waals surface area (Å²) >= 11 is 0. The fourth-order valence-electron chi connectivity index (χ4n) is 10.6. The molecule has 1 amide bonds. The number of ether oxygens (including phenoxy) is 6. The number of esters is 5. The minimum absolute atomic E-state index is 0.0899. The van der Waals surface area contributed by atoms with E-state index in [-0.39, 0.29) is 36.1 Å². The van der Waals surface area contributed by atoms with Gasteiger partial charge in [-0.1, -0.05) is 80.6 Å². The Morgan fingerprint density at radius 2 is 1.33 bits per heavy atom. The molecule has 15 heteroatoms. The van der Waals surface area contributed by atoms with Crippen molar-refractivity contribution >= 4 is 41.5 Å². The molecule has 7 rings (SSSR count). The van der Waals surface area contributed by atoms with Crippen LogP contribution < -0.4 is 5.32 Å². The van der Waals surface area contributed by atoms with Gasteiger partial charge in [-0.2, -0.15) is 0 Å². The van der Waals surface area contributed by atoms with Crippen molar-refractivity contribution in [2.24, 2.45) is 22.7 Å². The quantitative estimate of drug-likeness (QED) is 0.145.